The fourth-order valence-electron chi connectivity index (χ4n) is 4.37. The zero-order chi connectivity index (χ0) is 17.7. The standard InChI is InChI=1S/C20H21BrN4O/c1-24-10-6-20(7-11-24)25-18(16-12-15(21)2-3-19(16)26-20)13-17(23-25)14-4-8-22-9-5-14/h2-5,8-9,12,18H,6-7,10-11,13H2,1H3/p+1/t18-/m1/s1. The van der Waals surface area contributed by atoms with Crippen LogP contribution in [0.2, 0.25) is 0 Å². The molecule has 4 heterocycles. The SMILES string of the molecule is C[NH+]1CCC2(CC1)Oc1ccc(Br)cc1[C@H]1CC(c3ccncc3)=NN12. The van der Waals surface area contributed by atoms with Gasteiger partial charge in [-0.15, -0.1) is 0 Å². The zero-order valence-electron chi connectivity index (χ0n) is 14.8. The van der Waals surface area contributed by atoms with Crippen LogP contribution in [0.4, 0.5) is 0 Å². The van der Waals surface area contributed by atoms with Gasteiger partial charge in [-0.2, -0.15) is 5.10 Å². The molecule has 5 nitrogen and oxygen atoms in total. The molecule has 6 heteroatoms. The van der Waals surface area contributed by atoms with Crippen molar-refractivity contribution in [1.29, 1.82) is 0 Å². The summed E-state index contributed by atoms with van der Waals surface area (Å²) in [5, 5.41) is 7.35. The van der Waals surface area contributed by atoms with Crippen molar-refractivity contribution in [2.24, 2.45) is 5.10 Å². The maximum absolute atomic E-state index is 6.63. The minimum atomic E-state index is -0.320. The second-order valence-corrected chi connectivity index (χ2v) is 8.45. The Morgan fingerprint density at radius 3 is 2.73 bits per heavy atom. The lowest BCUT2D eigenvalue weighted by Gasteiger charge is -2.49. The molecule has 3 aliphatic heterocycles. The molecule has 1 N–H and O–H groups in total. The van der Waals surface area contributed by atoms with Gasteiger partial charge in [0.25, 0.3) is 0 Å². The number of ether oxygens (including phenoxy) is 1. The number of nitrogens with zero attached hydrogens (tertiary/aromatic N) is 3. The lowest BCUT2D eigenvalue weighted by Crippen LogP contribution is -3.11. The minimum Gasteiger partial charge on any atom is -0.466 e. The first-order valence-electron chi connectivity index (χ1n) is 9.22. The molecular weight excluding hydrogens is 392 g/mol. The topological polar surface area (TPSA) is 42.2 Å². The van der Waals surface area contributed by atoms with Gasteiger partial charge in [-0.3, -0.25) is 4.98 Å². The van der Waals surface area contributed by atoms with Crippen molar-refractivity contribution in [2.45, 2.75) is 31.0 Å². The largest absolute Gasteiger partial charge is 0.466 e. The number of hydrogen-bond acceptors (Lipinski definition) is 4. The summed E-state index contributed by atoms with van der Waals surface area (Å²) in [6, 6.07) is 10.7. The summed E-state index contributed by atoms with van der Waals surface area (Å²) < 4.78 is 7.72. The zero-order valence-corrected chi connectivity index (χ0v) is 16.4. The Morgan fingerprint density at radius 2 is 1.96 bits per heavy atom. The fourth-order valence-corrected chi connectivity index (χ4v) is 4.75. The van der Waals surface area contributed by atoms with Crippen molar-refractivity contribution in [2.75, 3.05) is 20.1 Å². The molecule has 1 saturated heterocycles. The molecule has 1 fully saturated rings. The average Bonchev–Trinajstić information content (AvgIpc) is 3.12. The van der Waals surface area contributed by atoms with Crippen LogP contribution >= 0.6 is 15.9 Å². The van der Waals surface area contributed by atoms with Crippen LogP contribution in [0.25, 0.3) is 0 Å². The molecule has 1 atom stereocenters. The number of likely N-dealkylation sites (tertiary alicyclic amines) is 1. The van der Waals surface area contributed by atoms with Crippen LogP contribution in [0.5, 0.6) is 5.75 Å². The Kier molecular flexibility index (Phi) is 3.79. The monoisotopic (exact) mass is 413 g/mol. The van der Waals surface area contributed by atoms with E-state index in [-0.39, 0.29) is 11.8 Å². The van der Waals surface area contributed by atoms with Gasteiger partial charge in [0, 0.05) is 34.4 Å². The van der Waals surface area contributed by atoms with E-state index >= 15 is 0 Å². The van der Waals surface area contributed by atoms with Crippen molar-refractivity contribution in [3.63, 3.8) is 0 Å². The second kappa shape index (κ2) is 6.06. The van der Waals surface area contributed by atoms with Gasteiger partial charge in [0.05, 0.1) is 44.7 Å². The van der Waals surface area contributed by atoms with Gasteiger partial charge in [-0.25, -0.2) is 5.01 Å². The summed E-state index contributed by atoms with van der Waals surface area (Å²) in [6.07, 6.45) is 6.58. The van der Waals surface area contributed by atoms with Gasteiger partial charge in [-0.1, -0.05) is 15.9 Å². The summed E-state index contributed by atoms with van der Waals surface area (Å²) in [4.78, 5) is 5.71. The van der Waals surface area contributed by atoms with Crippen molar-refractivity contribution >= 4 is 21.6 Å². The van der Waals surface area contributed by atoms with E-state index < -0.39 is 0 Å². The number of hydrogen-bond donors (Lipinski definition) is 1. The van der Waals surface area contributed by atoms with E-state index in [9.17, 15) is 0 Å². The van der Waals surface area contributed by atoms with E-state index in [1.54, 1.807) is 4.90 Å². The molecule has 0 radical (unpaired) electrons. The van der Waals surface area contributed by atoms with Crippen LogP contribution in [0.15, 0.2) is 52.3 Å². The highest BCUT2D eigenvalue weighted by atomic mass is 79.9. The first kappa shape index (κ1) is 16.3. The molecule has 26 heavy (non-hydrogen) atoms. The summed E-state index contributed by atoms with van der Waals surface area (Å²) in [5.41, 5.74) is 3.18. The quantitative estimate of drug-likeness (QED) is 0.780. The molecule has 0 saturated carbocycles. The van der Waals surface area contributed by atoms with Crippen molar-refractivity contribution in [1.82, 2.24) is 9.99 Å². The molecule has 0 amide bonds. The van der Waals surface area contributed by atoms with Gasteiger partial charge in [-0.05, 0) is 30.3 Å². The molecular formula is C20H22BrN4O+. The van der Waals surface area contributed by atoms with Gasteiger partial charge in [0.2, 0.25) is 5.72 Å². The third-order valence-corrected chi connectivity index (χ3v) is 6.35. The maximum Gasteiger partial charge on any atom is 0.208 e. The Hall–Kier alpha value is -1.92. The fraction of sp³-hybridized carbons (Fsp3) is 0.400. The van der Waals surface area contributed by atoms with Crippen molar-refractivity contribution in [3.8, 4) is 5.75 Å². The lowest BCUT2D eigenvalue weighted by atomic mass is 9.91. The third kappa shape index (κ3) is 2.55. The Bertz CT molecular complexity index is 861. The smallest absolute Gasteiger partial charge is 0.208 e. The highest BCUT2D eigenvalue weighted by molar-refractivity contribution is 9.10. The number of fused-ring (bicyclic) bond motifs is 4. The van der Waals surface area contributed by atoms with Crippen LogP contribution in [0, 0.1) is 0 Å². The Balaban J connectivity index is 1.60. The van der Waals surface area contributed by atoms with Crippen LogP contribution in [-0.2, 0) is 0 Å². The first-order valence-corrected chi connectivity index (χ1v) is 10.0. The van der Waals surface area contributed by atoms with E-state index in [0.29, 0.717) is 0 Å². The molecule has 1 aromatic carbocycles. The number of benzene rings is 1. The highest BCUT2D eigenvalue weighted by Crippen LogP contribution is 2.49. The lowest BCUT2D eigenvalue weighted by molar-refractivity contribution is -0.888. The van der Waals surface area contributed by atoms with Gasteiger partial charge >= 0.3 is 0 Å². The number of pyridine rings is 1. The molecule has 0 aliphatic carbocycles. The predicted octanol–water partition coefficient (Wildman–Crippen LogP) is 2.39. The Morgan fingerprint density at radius 1 is 1.19 bits per heavy atom. The number of rotatable bonds is 1. The summed E-state index contributed by atoms with van der Waals surface area (Å²) in [5.74, 6) is 1.01. The number of aromatic nitrogens is 1. The third-order valence-electron chi connectivity index (χ3n) is 5.86. The number of quaternary nitrogens is 1. The maximum atomic E-state index is 6.63. The van der Waals surface area contributed by atoms with Crippen molar-refractivity contribution < 1.29 is 9.64 Å². The van der Waals surface area contributed by atoms with Crippen molar-refractivity contribution in [3.05, 3.63) is 58.3 Å². The van der Waals surface area contributed by atoms with E-state index in [2.05, 4.69) is 51.2 Å². The molecule has 134 valence electrons. The van der Waals surface area contributed by atoms with Crippen LogP contribution < -0.4 is 9.64 Å². The number of piperidine rings is 1. The van der Waals surface area contributed by atoms with Crippen LogP contribution in [0.3, 0.4) is 0 Å². The van der Waals surface area contributed by atoms with Crippen LogP contribution in [0.1, 0.15) is 36.4 Å². The molecule has 2 aromatic rings. The molecule has 1 spiro atoms. The Labute approximate surface area is 161 Å². The first-order chi connectivity index (χ1) is 12.6. The number of hydrazone groups is 1. The summed E-state index contributed by atoms with van der Waals surface area (Å²) >= 11 is 3.62. The van der Waals surface area contributed by atoms with E-state index in [1.807, 2.05) is 24.5 Å². The molecule has 0 bridgehead atoms. The number of halogens is 1. The van der Waals surface area contributed by atoms with E-state index in [0.717, 1.165) is 53.8 Å². The molecule has 1 aromatic heterocycles. The average molecular weight is 414 g/mol. The van der Waals surface area contributed by atoms with Gasteiger partial charge < -0.3 is 9.64 Å². The predicted molar refractivity (Wildman–Crippen MR) is 103 cm³/mol. The van der Waals surface area contributed by atoms with E-state index in [1.165, 1.54) is 5.56 Å². The van der Waals surface area contributed by atoms with E-state index in [4.69, 9.17) is 9.84 Å². The second-order valence-electron chi connectivity index (χ2n) is 7.53. The summed E-state index contributed by atoms with van der Waals surface area (Å²) in [6.45, 7) is 2.21. The minimum absolute atomic E-state index is 0.234. The molecule has 3 aliphatic rings. The summed E-state index contributed by atoms with van der Waals surface area (Å²) in [7, 11) is 2.26. The highest BCUT2D eigenvalue weighted by Gasteiger charge is 2.52. The molecule has 5 rings (SSSR count). The number of nitrogens with one attached hydrogen (secondary N) is 1. The van der Waals surface area contributed by atoms with Gasteiger partial charge in [0.1, 0.15) is 5.75 Å². The normalized spacial score (nSPS) is 29.8. The van der Waals surface area contributed by atoms with Crippen LogP contribution in [-0.4, -0.2) is 41.6 Å². The molecule has 0 unspecified atom stereocenters. The van der Waals surface area contributed by atoms with Gasteiger partial charge in [0.15, 0.2) is 0 Å².